The number of likely N-dealkylation sites (N-methyl/N-ethyl adjacent to an activating group) is 1. The fourth-order valence-electron chi connectivity index (χ4n) is 0.952. The van der Waals surface area contributed by atoms with Gasteiger partial charge >= 0.3 is 0 Å². The number of amidine groups is 1. The summed E-state index contributed by atoms with van der Waals surface area (Å²) in [5, 5.41) is 11.3. The van der Waals surface area contributed by atoms with Crippen LogP contribution in [0.4, 0.5) is 0 Å². The van der Waals surface area contributed by atoms with Crippen LogP contribution in [0.15, 0.2) is 5.16 Å². The van der Waals surface area contributed by atoms with E-state index < -0.39 is 0 Å². The Balaban J connectivity index is 3.74. The van der Waals surface area contributed by atoms with Gasteiger partial charge in [-0.05, 0) is 32.4 Å². The monoisotopic (exact) mass is 205 g/mol. The number of nitrogens with zero attached hydrogens (tertiary/aromatic N) is 2. The first-order valence-electron chi connectivity index (χ1n) is 4.27. The first kappa shape index (κ1) is 12.6. The van der Waals surface area contributed by atoms with E-state index in [1.807, 2.05) is 18.8 Å². The van der Waals surface area contributed by atoms with Crippen molar-refractivity contribution in [2.45, 2.75) is 19.4 Å². The Morgan fingerprint density at radius 3 is 2.77 bits per heavy atom. The van der Waals surface area contributed by atoms with Gasteiger partial charge in [-0.25, -0.2) is 0 Å². The Hall–Kier alpha value is -0.420. The predicted molar refractivity (Wildman–Crippen MR) is 58.5 cm³/mol. The van der Waals surface area contributed by atoms with Crippen molar-refractivity contribution in [1.29, 1.82) is 0 Å². The number of nitrogens with two attached hydrogens (primary N) is 1. The molecule has 0 fully saturated rings. The SMILES string of the molecule is CSCCC(C)N(C)CC(N)=NO. The fourth-order valence-corrected chi connectivity index (χ4v) is 1.53. The average molecular weight is 205 g/mol. The molecule has 1 unspecified atom stereocenters. The van der Waals surface area contributed by atoms with Gasteiger partial charge in [0.2, 0.25) is 0 Å². The molecule has 13 heavy (non-hydrogen) atoms. The molecule has 0 radical (unpaired) electrons. The van der Waals surface area contributed by atoms with E-state index in [-0.39, 0.29) is 5.84 Å². The van der Waals surface area contributed by atoms with E-state index in [1.54, 1.807) is 0 Å². The highest BCUT2D eigenvalue weighted by Gasteiger charge is 2.09. The maximum Gasteiger partial charge on any atom is 0.153 e. The molecule has 0 aliphatic rings. The normalized spacial score (nSPS) is 14.9. The molecule has 0 aliphatic heterocycles. The van der Waals surface area contributed by atoms with Gasteiger partial charge in [0.1, 0.15) is 0 Å². The summed E-state index contributed by atoms with van der Waals surface area (Å²) in [5.74, 6) is 1.40. The van der Waals surface area contributed by atoms with Crippen LogP contribution in [0.5, 0.6) is 0 Å². The zero-order chi connectivity index (χ0) is 10.3. The molecule has 5 heteroatoms. The van der Waals surface area contributed by atoms with Gasteiger partial charge in [0, 0.05) is 6.04 Å². The second kappa shape index (κ2) is 7.03. The lowest BCUT2D eigenvalue weighted by molar-refractivity contribution is 0.275. The molecule has 0 aliphatic carbocycles. The zero-order valence-electron chi connectivity index (χ0n) is 8.53. The van der Waals surface area contributed by atoms with Crippen molar-refractivity contribution in [2.75, 3.05) is 25.6 Å². The minimum absolute atomic E-state index is 0.263. The highest BCUT2D eigenvalue weighted by Crippen LogP contribution is 2.05. The third kappa shape index (κ3) is 5.76. The van der Waals surface area contributed by atoms with Gasteiger partial charge in [0.05, 0.1) is 6.54 Å². The summed E-state index contributed by atoms with van der Waals surface area (Å²) in [5.41, 5.74) is 5.39. The van der Waals surface area contributed by atoms with E-state index in [0.29, 0.717) is 12.6 Å². The number of thioether (sulfide) groups is 1. The molecule has 3 N–H and O–H groups in total. The smallest absolute Gasteiger partial charge is 0.153 e. The van der Waals surface area contributed by atoms with Crippen molar-refractivity contribution in [3.63, 3.8) is 0 Å². The fraction of sp³-hybridized carbons (Fsp3) is 0.875. The highest BCUT2D eigenvalue weighted by molar-refractivity contribution is 7.98. The Morgan fingerprint density at radius 1 is 1.69 bits per heavy atom. The molecule has 0 bridgehead atoms. The lowest BCUT2D eigenvalue weighted by atomic mass is 10.2. The first-order valence-corrected chi connectivity index (χ1v) is 5.66. The van der Waals surface area contributed by atoms with Crippen LogP contribution in [-0.2, 0) is 0 Å². The van der Waals surface area contributed by atoms with Crippen LogP contribution in [0.3, 0.4) is 0 Å². The molecule has 0 saturated heterocycles. The van der Waals surface area contributed by atoms with Crippen molar-refractivity contribution in [3.05, 3.63) is 0 Å². The van der Waals surface area contributed by atoms with Crippen LogP contribution in [0.2, 0.25) is 0 Å². The van der Waals surface area contributed by atoms with Gasteiger partial charge in [-0.15, -0.1) is 0 Å². The third-order valence-electron chi connectivity index (χ3n) is 2.03. The first-order chi connectivity index (χ1) is 6.11. The molecule has 0 aromatic heterocycles. The molecule has 0 saturated carbocycles. The van der Waals surface area contributed by atoms with Crippen LogP contribution in [0.1, 0.15) is 13.3 Å². The summed E-state index contributed by atoms with van der Waals surface area (Å²) >= 11 is 1.83. The van der Waals surface area contributed by atoms with Gasteiger partial charge in [-0.2, -0.15) is 11.8 Å². The van der Waals surface area contributed by atoms with Gasteiger partial charge in [0.15, 0.2) is 5.84 Å². The van der Waals surface area contributed by atoms with E-state index in [0.717, 1.165) is 12.2 Å². The maximum atomic E-state index is 8.37. The molecule has 1 atom stereocenters. The largest absolute Gasteiger partial charge is 0.409 e. The topological polar surface area (TPSA) is 61.8 Å². The van der Waals surface area contributed by atoms with Crippen molar-refractivity contribution in [3.8, 4) is 0 Å². The van der Waals surface area contributed by atoms with Crippen molar-refractivity contribution < 1.29 is 5.21 Å². The minimum atomic E-state index is 0.263. The molecular formula is C8H19N3OS. The van der Waals surface area contributed by atoms with Crippen LogP contribution >= 0.6 is 11.8 Å². The van der Waals surface area contributed by atoms with E-state index in [2.05, 4.69) is 23.2 Å². The van der Waals surface area contributed by atoms with Crippen molar-refractivity contribution in [1.82, 2.24) is 4.90 Å². The molecular weight excluding hydrogens is 186 g/mol. The number of hydrogen-bond acceptors (Lipinski definition) is 4. The summed E-state index contributed by atoms with van der Waals surface area (Å²) in [6.45, 7) is 2.66. The lowest BCUT2D eigenvalue weighted by Crippen LogP contribution is -2.37. The molecule has 0 aromatic carbocycles. The van der Waals surface area contributed by atoms with E-state index in [4.69, 9.17) is 10.9 Å². The average Bonchev–Trinajstić information content (AvgIpc) is 2.13. The molecule has 0 amide bonds. The molecule has 0 heterocycles. The summed E-state index contributed by atoms with van der Waals surface area (Å²) in [6, 6.07) is 0.466. The predicted octanol–water partition coefficient (Wildman–Crippen LogP) is 0.806. The molecule has 0 aromatic rings. The molecule has 0 spiro atoms. The summed E-state index contributed by atoms with van der Waals surface area (Å²) in [7, 11) is 1.98. The number of hydrogen-bond donors (Lipinski definition) is 2. The molecule has 0 rings (SSSR count). The van der Waals surface area contributed by atoms with Crippen LogP contribution in [-0.4, -0.2) is 47.6 Å². The summed E-state index contributed by atoms with van der Waals surface area (Å²) < 4.78 is 0. The Kier molecular flexibility index (Phi) is 6.80. The van der Waals surface area contributed by atoms with Crippen molar-refractivity contribution >= 4 is 17.6 Å². The quantitative estimate of drug-likeness (QED) is 0.291. The van der Waals surface area contributed by atoms with Gasteiger partial charge in [-0.3, -0.25) is 4.90 Å². The second-order valence-corrected chi connectivity index (χ2v) is 4.12. The Bertz CT molecular complexity index is 163. The Labute approximate surface area is 84.2 Å². The van der Waals surface area contributed by atoms with E-state index in [1.165, 1.54) is 0 Å². The van der Waals surface area contributed by atoms with Crippen molar-refractivity contribution in [2.24, 2.45) is 10.9 Å². The zero-order valence-corrected chi connectivity index (χ0v) is 9.34. The second-order valence-electron chi connectivity index (χ2n) is 3.14. The summed E-state index contributed by atoms with van der Waals surface area (Å²) in [6.07, 6.45) is 3.21. The van der Waals surface area contributed by atoms with Crippen LogP contribution in [0.25, 0.3) is 0 Å². The minimum Gasteiger partial charge on any atom is -0.409 e. The molecule has 78 valence electrons. The Morgan fingerprint density at radius 2 is 2.31 bits per heavy atom. The van der Waals surface area contributed by atoms with Crippen LogP contribution in [0, 0.1) is 0 Å². The van der Waals surface area contributed by atoms with Gasteiger partial charge in [-0.1, -0.05) is 5.16 Å². The maximum absolute atomic E-state index is 8.37. The third-order valence-corrected chi connectivity index (χ3v) is 2.68. The summed E-state index contributed by atoms with van der Waals surface area (Å²) in [4.78, 5) is 2.07. The van der Waals surface area contributed by atoms with Crippen LogP contribution < -0.4 is 5.73 Å². The standard InChI is InChI=1S/C8H19N3OS/c1-7(4-5-13-3)11(2)6-8(9)10-12/h7,12H,4-6H2,1-3H3,(H2,9,10). The van der Waals surface area contributed by atoms with Gasteiger partial charge < -0.3 is 10.9 Å². The lowest BCUT2D eigenvalue weighted by Gasteiger charge is -2.23. The molecule has 4 nitrogen and oxygen atoms in total. The van der Waals surface area contributed by atoms with Gasteiger partial charge in [0.25, 0.3) is 0 Å². The highest BCUT2D eigenvalue weighted by atomic mass is 32.2. The number of rotatable bonds is 6. The van der Waals surface area contributed by atoms with E-state index in [9.17, 15) is 0 Å². The van der Waals surface area contributed by atoms with E-state index >= 15 is 0 Å². The number of oxime groups is 1.